The lowest BCUT2D eigenvalue weighted by Crippen LogP contribution is -2.37. The molecular weight excluding hydrogens is 302 g/mol. The number of halogens is 3. The van der Waals surface area contributed by atoms with Gasteiger partial charge in [0.2, 0.25) is 5.91 Å². The molecule has 1 aliphatic heterocycles. The summed E-state index contributed by atoms with van der Waals surface area (Å²) >= 11 is 0. The number of carbonyl (C=O) groups is 1. The Hall–Kier alpha value is -1.24. The molecule has 1 saturated heterocycles. The summed E-state index contributed by atoms with van der Waals surface area (Å²) in [6.45, 7) is 2.10. The largest absolute Gasteiger partial charge is 0.364 e. The van der Waals surface area contributed by atoms with Gasteiger partial charge < -0.3 is 15.8 Å². The van der Waals surface area contributed by atoms with Crippen LogP contribution in [0.1, 0.15) is 31.4 Å². The fourth-order valence-corrected chi connectivity index (χ4v) is 2.24. The van der Waals surface area contributed by atoms with E-state index in [1.165, 1.54) is 6.07 Å². The van der Waals surface area contributed by atoms with E-state index >= 15 is 0 Å². The van der Waals surface area contributed by atoms with Crippen molar-refractivity contribution >= 4 is 18.3 Å². The lowest BCUT2D eigenvalue weighted by molar-refractivity contribution is -0.132. The van der Waals surface area contributed by atoms with E-state index in [1.807, 2.05) is 0 Å². The Labute approximate surface area is 128 Å². The molecule has 0 aromatic heterocycles. The average Bonchev–Trinajstić information content (AvgIpc) is 2.90. The van der Waals surface area contributed by atoms with Gasteiger partial charge in [0.15, 0.2) is 11.6 Å². The van der Waals surface area contributed by atoms with Gasteiger partial charge in [0.25, 0.3) is 0 Å². The number of carbonyl (C=O) groups excluding carboxylic acids is 1. The van der Waals surface area contributed by atoms with Crippen LogP contribution in [0.15, 0.2) is 18.2 Å². The van der Waals surface area contributed by atoms with Crippen LogP contribution in [0, 0.1) is 11.6 Å². The number of amides is 1. The minimum Gasteiger partial charge on any atom is -0.364 e. The molecule has 1 aliphatic rings. The zero-order valence-electron chi connectivity index (χ0n) is 11.6. The van der Waals surface area contributed by atoms with Gasteiger partial charge in [-0.1, -0.05) is 6.07 Å². The van der Waals surface area contributed by atoms with E-state index in [4.69, 9.17) is 10.5 Å². The molecule has 0 radical (unpaired) electrons. The van der Waals surface area contributed by atoms with E-state index < -0.39 is 23.8 Å². The molecule has 1 aromatic carbocycles. The highest BCUT2D eigenvalue weighted by atomic mass is 35.5. The molecular formula is C14H19ClF2N2O2. The molecule has 0 bridgehead atoms. The van der Waals surface area contributed by atoms with Gasteiger partial charge in [-0.15, -0.1) is 12.4 Å². The molecule has 1 amide bonds. The normalized spacial score (nSPS) is 22.5. The molecule has 4 nitrogen and oxygen atoms in total. The van der Waals surface area contributed by atoms with Gasteiger partial charge in [0.1, 0.15) is 6.10 Å². The maximum atomic E-state index is 13.1. The summed E-state index contributed by atoms with van der Waals surface area (Å²) < 4.78 is 31.5. The second kappa shape index (κ2) is 7.68. The van der Waals surface area contributed by atoms with Crippen molar-refractivity contribution in [2.24, 2.45) is 5.73 Å². The minimum atomic E-state index is -0.927. The first kappa shape index (κ1) is 17.8. The lowest BCUT2D eigenvalue weighted by Gasteiger charge is -2.18. The molecule has 0 spiro atoms. The van der Waals surface area contributed by atoms with Crippen molar-refractivity contribution in [3.63, 3.8) is 0 Å². The molecule has 1 heterocycles. The molecule has 0 aliphatic carbocycles. The van der Waals surface area contributed by atoms with Crippen LogP contribution in [-0.4, -0.2) is 24.7 Å². The summed E-state index contributed by atoms with van der Waals surface area (Å²) in [5.41, 5.74) is 5.99. The van der Waals surface area contributed by atoms with Crippen LogP contribution in [-0.2, 0) is 9.53 Å². The number of hydrogen-bond donors (Lipinski definition) is 2. The monoisotopic (exact) mass is 320 g/mol. The quantitative estimate of drug-likeness (QED) is 0.892. The van der Waals surface area contributed by atoms with E-state index in [2.05, 4.69) is 5.32 Å². The van der Waals surface area contributed by atoms with Crippen LogP contribution < -0.4 is 11.1 Å². The highest BCUT2D eigenvalue weighted by Gasteiger charge is 2.30. The molecule has 1 unspecified atom stereocenters. The Balaban J connectivity index is 0.00000220. The first-order chi connectivity index (χ1) is 9.51. The smallest absolute Gasteiger partial charge is 0.249 e. The number of rotatable bonds is 4. The summed E-state index contributed by atoms with van der Waals surface area (Å²) in [6, 6.07) is 3.15. The average molecular weight is 321 g/mol. The van der Waals surface area contributed by atoms with Gasteiger partial charge in [-0.05, 0) is 37.5 Å². The van der Waals surface area contributed by atoms with Gasteiger partial charge in [0, 0.05) is 6.54 Å². The Kier molecular flexibility index (Phi) is 6.51. The van der Waals surface area contributed by atoms with E-state index in [0.29, 0.717) is 18.5 Å². The van der Waals surface area contributed by atoms with Gasteiger partial charge in [-0.3, -0.25) is 4.79 Å². The summed E-state index contributed by atoms with van der Waals surface area (Å²) in [6.07, 6.45) is 0.785. The van der Waals surface area contributed by atoms with Gasteiger partial charge in [-0.25, -0.2) is 8.78 Å². The molecule has 3 N–H and O–H groups in total. The third kappa shape index (κ3) is 4.36. The van der Waals surface area contributed by atoms with Crippen molar-refractivity contribution in [2.75, 3.05) is 6.54 Å². The van der Waals surface area contributed by atoms with Crippen LogP contribution in [0.3, 0.4) is 0 Å². The van der Waals surface area contributed by atoms with Crippen molar-refractivity contribution in [3.8, 4) is 0 Å². The van der Waals surface area contributed by atoms with Crippen LogP contribution in [0.4, 0.5) is 8.78 Å². The predicted molar refractivity (Wildman–Crippen MR) is 77.1 cm³/mol. The lowest BCUT2D eigenvalue weighted by atomic mass is 10.1. The van der Waals surface area contributed by atoms with Crippen LogP contribution in [0.25, 0.3) is 0 Å². The maximum absolute atomic E-state index is 13.1. The van der Waals surface area contributed by atoms with E-state index in [1.54, 1.807) is 6.92 Å². The van der Waals surface area contributed by atoms with Crippen LogP contribution in [0.5, 0.6) is 0 Å². The first-order valence-electron chi connectivity index (χ1n) is 6.62. The first-order valence-corrected chi connectivity index (χ1v) is 6.62. The molecule has 21 heavy (non-hydrogen) atoms. The van der Waals surface area contributed by atoms with Gasteiger partial charge in [-0.2, -0.15) is 0 Å². The number of hydrogen-bond acceptors (Lipinski definition) is 3. The van der Waals surface area contributed by atoms with Gasteiger partial charge in [0.05, 0.1) is 12.1 Å². The van der Waals surface area contributed by atoms with Crippen LogP contribution in [0.2, 0.25) is 0 Å². The van der Waals surface area contributed by atoms with Crippen molar-refractivity contribution < 1.29 is 18.3 Å². The molecule has 118 valence electrons. The highest BCUT2D eigenvalue weighted by Crippen LogP contribution is 2.21. The Bertz CT molecular complexity index is 502. The van der Waals surface area contributed by atoms with Crippen molar-refractivity contribution in [3.05, 3.63) is 35.4 Å². The van der Waals surface area contributed by atoms with E-state index in [0.717, 1.165) is 18.6 Å². The summed E-state index contributed by atoms with van der Waals surface area (Å²) in [5.74, 6) is -2.08. The molecule has 2 rings (SSSR count). The Morgan fingerprint density at radius 3 is 2.71 bits per heavy atom. The van der Waals surface area contributed by atoms with Crippen molar-refractivity contribution in [1.82, 2.24) is 5.32 Å². The Morgan fingerprint density at radius 2 is 2.14 bits per heavy atom. The standard InChI is InChI=1S/C14H18F2N2O2.ClH/c1-8(9-2-4-11(15)12(16)6-9)18-14(19)13-5-3-10(7-17)20-13;/h2,4,6,8,10,13H,3,5,7,17H2,1H3,(H,18,19);1H/t8?,10-,13+;/m1./s1. The predicted octanol–water partition coefficient (Wildman–Crippen LogP) is 2.07. The molecule has 3 atom stereocenters. The zero-order chi connectivity index (χ0) is 14.7. The molecule has 1 aromatic rings. The van der Waals surface area contributed by atoms with E-state index in [9.17, 15) is 13.6 Å². The van der Waals surface area contributed by atoms with E-state index in [-0.39, 0.29) is 24.4 Å². The number of nitrogens with two attached hydrogens (primary N) is 1. The number of nitrogens with one attached hydrogen (secondary N) is 1. The summed E-state index contributed by atoms with van der Waals surface area (Å²) in [5, 5.41) is 2.74. The molecule has 7 heteroatoms. The second-order valence-corrected chi connectivity index (χ2v) is 4.96. The molecule has 1 fully saturated rings. The summed E-state index contributed by atoms with van der Waals surface area (Å²) in [7, 11) is 0. The Morgan fingerprint density at radius 1 is 1.43 bits per heavy atom. The third-order valence-corrected chi connectivity index (χ3v) is 3.47. The maximum Gasteiger partial charge on any atom is 0.249 e. The third-order valence-electron chi connectivity index (χ3n) is 3.47. The van der Waals surface area contributed by atoms with Crippen molar-refractivity contribution in [1.29, 1.82) is 0 Å². The summed E-state index contributed by atoms with van der Waals surface area (Å²) in [4.78, 5) is 12.0. The van der Waals surface area contributed by atoms with Crippen molar-refractivity contribution in [2.45, 2.75) is 38.0 Å². The highest BCUT2D eigenvalue weighted by molar-refractivity contribution is 5.85. The van der Waals surface area contributed by atoms with Crippen LogP contribution >= 0.6 is 12.4 Å². The molecule has 0 saturated carbocycles. The SMILES string of the molecule is CC(NC(=O)[C@@H]1CC[C@H](CN)O1)c1ccc(F)c(F)c1.Cl. The fraction of sp³-hybridized carbons (Fsp3) is 0.500. The minimum absolute atomic E-state index is 0. The number of benzene rings is 1. The van der Waals surface area contributed by atoms with Gasteiger partial charge >= 0.3 is 0 Å². The topological polar surface area (TPSA) is 64.4 Å². The second-order valence-electron chi connectivity index (χ2n) is 4.96. The zero-order valence-corrected chi connectivity index (χ0v) is 12.5. The number of ether oxygens (including phenoxy) is 1. The fourth-order valence-electron chi connectivity index (χ4n) is 2.24.